The predicted molar refractivity (Wildman–Crippen MR) is 120 cm³/mol. The third kappa shape index (κ3) is 5.17. The molecule has 2 heterocycles. The van der Waals surface area contributed by atoms with Gasteiger partial charge in [-0.3, -0.25) is 0 Å². The highest BCUT2D eigenvalue weighted by molar-refractivity contribution is 7.69. The summed E-state index contributed by atoms with van der Waals surface area (Å²) >= 11 is 0. The lowest BCUT2D eigenvalue weighted by Gasteiger charge is -2.47. The molecule has 0 N–H and O–H groups in total. The van der Waals surface area contributed by atoms with Gasteiger partial charge in [0, 0.05) is 18.2 Å². The molecule has 1 aromatic heterocycles. The van der Waals surface area contributed by atoms with E-state index in [9.17, 15) is 21.6 Å². The van der Waals surface area contributed by atoms with Crippen molar-refractivity contribution in [2.45, 2.75) is 25.2 Å². The molecule has 0 radical (unpaired) electrons. The van der Waals surface area contributed by atoms with E-state index in [0.717, 1.165) is 0 Å². The first-order valence-electron chi connectivity index (χ1n) is 10.6. The van der Waals surface area contributed by atoms with Crippen LogP contribution in [-0.2, 0) is 27.7 Å². The quantitative estimate of drug-likeness (QED) is 0.466. The molecule has 35 heavy (non-hydrogen) atoms. The normalized spacial score (nSPS) is 15.1. The SMILES string of the molecule is CCn1nc(-c2cccc(C3(N(CC(F)(F)F)[SH](=O)=O)COC3)c2)cc1Oc1ccc(C#N)cc1. The number of nitrogens with zero attached hydrogens (tertiary/aromatic N) is 4. The Balaban J connectivity index is 1.67. The van der Waals surface area contributed by atoms with Gasteiger partial charge in [-0.25, -0.2) is 13.1 Å². The number of aryl methyl sites for hydroxylation is 1. The average Bonchev–Trinajstić information content (AvgIpc) is 3.20. The van der Waals surface area contributed by atoms with Crippen LogP contribution in [0.5, 0.6) is 11.6 Å². The number of hydrogen-bond acceptors (Lipinski definition) is 6. The molecule has 0 amide bonds. The summed E-state index contributed by atoms with van der Waals surface area (Å²) in [6.07, 6.45) is -4.70. The van der Waals surface area contributed by atoms with Crippen molar-refractivity contribution < 1.29 is 31.1 Å². The lowest BCUT2D eigenvalue weighted by Crippen LogP contribution is -2.60. The highest BCUT2D eigenvalue weighted by Crippen LogP contribution is 2.40. The number of aromatic nitrogens is 2. The number of thiol groups is 1. The van der Waals surface area contributed by atoms with Gasteiger partial charge in [0.25, 0.3) is 0 Å². The van der Waals surface area contributed by atoms with E-state index < -0.39 is 29.2 Å². The number of ether oxygens (including phenoxy) is 2. The minimum absolute atomic E-state index is 0.188. The number of nitriles is 1. The fraction of sp³-hybridized carbons (Fsp3) is 0.304. The monoisotopic (exact) mass is 506 g/mol. The van der Waals surface area contributed by atoms with Crippen molar-refractivity contribution in [2.75, 3.05) is 19.8 Å². The maximum atomic E-state index is 13.1. The fourth-order valence-corrected chi connectivity index (χ4v) is 4.65. The number of halogens is 3. The van der Waals surface area contributed by atoms with Crippen LogP contribution in [0.3, 0.4) is 0 Å². The molecule has 1 aliphatic rings. The number of benzene rings is 2. The molecule has 3 aromatic rings. The Bertz CT molecular complexity index is 1320. The summed E-state index contributed by atoms with van der Waals surface area (Å²) in [7, 11) is -3.52. The van der Waals surface area contributed by atoms with Crippen LogP contribution in [-0.4, -0.2) is 48.4 Å². The summed E-state index contributed by atoms with van der Waals surface area (Å²) in [6.45, 7) is 0.378. The van der Waals surface area contributed by atoms with Crippen molar-refractivity contribution in [3.63, 3.8) is 0 Å². The molecule has 2 aromatic carbocycles. The van der Waals surface area contributed by atoms with E-state index in [1.165, 1.54) is 0 Å². The van der Waals surface area contributed by atoms with Crippen LogP contribution in [0.25, 0.3) is 11.3 Å². The summed E-state index contributed by atoms with van der Waals surface area (Å²) in [5, 5.41) is 13.5. The Hall–Kier alpha value is -3.40. The fourth-order valence-electron chi connectivity index (χ4n) is 3.83. The van der Waals surface area contributed by atoms with Crippen LogP contribution in [0, 0.1) is 11.3 Å². The van der Waals surface area contributed by atoms with Crippen LogP contribution in [0.1, 0.15) is 18.1 Å². The van der Waals surface area contributed by atoms with Gasteiger partial charge >= 0.3 is 6.18 Å². The second-order valence-electron chi connectivity index (χ2n) is 7.94. The van der Waals surface area contributed by atoms with Crippen molar-refractivity contribution in [2.24, 2.45) is 0 Å². The molecule has 0 atom stereocenters. The zero-order valence-corrected chi connectivity index (χ0v) is 19.4. The zero-order valence-electron chi connectivity index (χ0n) is 18.5. The van der Waals surface area contributed by atoms with Gasteiger partial charge in [-0.1, -0.05) is 18.2 Å². The second kappa shape index (κ2) is 9.69. The van der Waals surface area contributed by atoms with Gasteiger partial charge in [-0.15, -0.1) is 0 Å². The Morgan fingerprint density at radius 2 is 1.91 bits per heavy atom. The van der Waals surface area contributed by atoms with Crippen molar-refractivity contribution in [1.29, 1.82) is 5.26 Å². The Morgan fingerprint density at radius 3 is 2.46 bits per heavy atom. The van der Waals surface area contributed by atoms with Crippen molar-refractivity contribution in [3.8, 4) is 29.0 Å². The molecule has 8 nitrogen and oxygen atoms in total. The molecule has 0 saturated carbocycles. The van der Waals surface area contributed by atoms with Crippen molar-refractivity contribution >= 4 is 10.9 Å². The Morgan fingerprint density at radius 1 is 1.20 bits per heavy atom. The number of alkyl halides is 3. The van der Waals surface area contributed by atoms with Crippen LogP contribution < -0.4 is 4.74 Å². The lowest BCUT2D eigenvalue weighted by molar-refractivity contribution is -0.177. The number of hydrogen-bond donors (Lipinski definition) is 1. The third-order valence-electron chi connectivity index (χ3n) is 5.65. The van der Waals surface area contributed by atoms with Crippen LogP contribution in [0.15, 0.2) is 54.6 Å². The molecular weight excluding hydrogens is 485 g/mol. The van der Waals surface area contributed by atoms with E-state index in [1.807, 2.05) is 13.0 Å². The predicted octanol–water partition coefficient (Wildman–Crippen LogP) is 3.85. The van der Waals surface area contributed by atoms with Gasteiger partial charge in [0.2, 0.25) is 16.8 Å². The van der Waals surface area contributed by atoms with Crippen molar-refractivity contribution in [1.82, 2.24) is 14.1 Å². The topological polar surface area (TPSA) is 97.5 Å². The van der Waals surface area contributed by atoms with Gasteiger partial charge in [0.15, 0.2) is 0 Å². The standard InChI is InChI=1S/C23H21F3N4O4S/c1-2-29-21(34-19-8-6-16(12-27)7-9-19)11-20(28-29)17-4-3-5-18(10-17)22(14-33-15-22)30(35(31)32)13-23(24,25)26/h3-11,35H,2,13-15H2,1H3. The molecule has 1 saturated heterocycles. The maximum absolute atomic E-state index is 13.1. The lowest BCUT2D eigenvalue weighted by atomic mass is 9.86. The van der Waals surface area contributed by atoms with Crippen LogP contribution in [0.2, 0.25) is 0 Å². The summed E-state index contributed by atoms with van der Waals surface area (Å²) in [5.74, 6) is 0.937. The van der Waals surface area contributed by atoms with E-state index in [-0.39, 0.29) is 13.2 Å². The highest BCUT2D eigenvalue weighted by atomic mass is 32.2. The first-order chi connectivity index (χ1) is 16.6. The molecular formula is C23H21F3N4O4S. The van der Waals surface area contributed by atoms with Crippen LogP contribution in [0.4, 0.5) is 13.2 Å². The zero-order chi connectivity index (χ0) is 25.2. The molecule has 0 aliphatic carbocycles. The highest BCUT2D eigenvalue weighted by Gasteiger charge is 2.51. The summed E-state index contributed by atoms with van der Waals surface area (Å²) in [4.78, 5) is 0. The molecule has 12 heteroatoms. The Kier molecular flexibility index (Phi) is 6.84. The Labute approximate surface area is 201 Å². The molecule has 4 rings (SSSR count). The molecule has 184 valence electrons. The summed E-state index contributed by atoms with van der Waals surface area (Å²) in [5.41, 5.74) is 0.508. The van der Waals surface area contributed by atoms with Gasteiger partial charge < -0.3 is 9.47 Å². The van der Waals surface area contributed by atoms with Crippen molar-refractivity contribution in [3.05, 3.63) is 65.7 Å². The minimum atomic E-state index is -4.70. The summed E-state index contributed by atoms with van der Waals surface area (Å²) in [6, 6.07) is 16.9. The second-order valence-corrected chi connectivity index (χ2v) is 8.90. The van der Waals surface area contributed by atoms with E-state index >= 15 is 0 Å². The average molecular weight is 507 g/mol. The molecule has 0 spiro atoms. The first kappa shape index (κ1) is 24.7. The van der Waals surface area contributed by atoms with Gasteiger partial charge in [-0.05, 0) is 42.8 Å². The van der Waals surface area contributed by atoms with E-state index in [4.69, 9.17) is 14.7 Å². The number of rotatable bonds is 8. The van der Waals surface area contributed by atoms with E-state index in [1.54, 1.807) is 59.3 Å². The van der Waals surface area contributed by atoms with Crippen LogP contribution >= 0.6 is 0 Å². The summed E-state index contributed by atoms with van der Waals surface area (Å²) < 4.78 is 76.1. The van der Waals surface area contributed by atoms with Gasteiger partial charge in [0.1, 0.15) is 17.8 Å². The largest absolute Gasteiger partial charge is 0.439 e. The van der Waals surface area contributed by atoms with E-state index in [0.29, 0.717) is 44.9 Å². The first-order valence-corrected chi connectivity index (χ1v) is 11.7. The third-order valence-corrected chi connectivity index (χ3v) is 6.56. The molecule has 0 bridgehead atoms. The molecule has 1 aliphatic heterocycles. The van der Waals surface area contributed by atoms with Gasteiger partial charge in [-0.2, -0.15) is 27.8 Å². The minimum Gasteiger partial charge on any atom is -0.439 e. The van der Waals surface area contributed by atoms with E-state index in [2.05, 4.69) is 5.10 Å². The molecule has 1 fully saturated rings. The maximum Gasteiger partial charge on any atom is 0.402 e. The molecule has 0 unspecified atom stereocenters. The van der Waals surface area contributed by atoms with Gasteiger partial charge in [0.05, 0.1) is 30.5 Å². The smallest absolute Gasteiger partial charge is 0.402 e.